The fraction of sp³-hybridized carbons (Fsp3) is 0.543. The molecule has 2 amide bonds. The molecule has 13 heteroatoms. The van der Waals surface area contributed by atoms with Gasteiger partial charge in [-0.15, -0.1) is 0 Å². The zero-order valence-electron chi connectivity index (χ0n) is 27.7. The highest BCUT2D eigenvalue weighted by atomic mass is 16.6. The number of benzene rings is 2. The Balaban J connectivity index is 1.10. The Kier molecular flexibility index (Phi) is 10.2. The maximum absolute atomic E-state index is 13.1. The third-order valence-corrected chi connectivity index (χ3v) is 8.84. The Bertz CT molecular complexity index is 1700. The molecule has 0 radical (unpaired) electrons. The first-order valence-corrected chi connectivity index (χ1v) is 16.5. The molecule has 3 fully saturated rings. The van der Waals surface area contributed by atoms with E-state index in [9.17, 15) is 19.6 Å². The molecule has 1 aromatic heterocycles. The fourth-order valence-electron chi connectivity index (χ4n) is 6.28. The number of nitriles is 1. The van der Waals surface area contributed by atoms with E-state index in [1.165, 1.54) is 4.90 Å². The molecule has 0 unspecified atom stereocenters. The van der Waals surface area contributed by atoms with Crippen molar-refractivity contribution in [1.82, 2.24) is 19.7 Å². The molecule has 3 saturated heterocycles. The third kappa shape index (κ3) is 7.90. The van der Waals surface area contributed by atoms with Gasteiger partial charge in [0.25, 0.3) is 5.91 Å². The zero-order chi connectivity index (χ0) is 33.8. The van der Waals surface area contributed by atoms with Crippen LogP contribution in [0.1, 0.15) is 32.8 Å². The van der Waals surface area contributed by atoms with Gasteiger partial charge in [0.05, 0.1) is 56.6 Å². The Labute approximate surface area is 279 Å². The predicted octanol–water partition coefficient (Wildman–Crippen LogP) is 2.94. The number of carbonyl (C=O) groups excluding carboxylic acids is 2. The number of hydrogen-bond donors (Lipinski definition) is 1. The highest BCUT2D eigenvalue weighted by molar-refractivity contribution is 5.83. The molecule has 2 aromatic carbocycles. The first-order valence-electron chi connectivity index (χ1n) is 16.5. The summed E-state index contributed by atoms with van der Waals surface area (Å²) < 4.78 is 29.6. The average Bonchev–Trinajstić information content (AvgIpc) is 3.17. The summed E-state index contributed by atoms with van der Waals surface area (Å²) in [4.78, 5) is 42.5. The van der Waals surface area contributed by atoms with Crippen molar-refractivity contribution < 1.29 is 33.0 Å². The van der Waals surface area contributed by atoms with E-state index in [1.54, 1.807) is 25.3 Å². The van der Waals surface area contributed by atoms with Crippen LogP contribution >= 0.6 is 0 Å². The van der Waals surface area contributed by atoms with Crippen LogP contribution in [0.3, 0.4) is 0 Å². The summed E-state index contributed by atoms with van der Waals surface area (Å²) in [7, 11) is 0. The summed E-state index contributed by atoms with van der Waals surface area (Å²) in [5, 5.41) is 12.6. The second-order valence-electron chi connectivity index (χ2n) is 13.5. The van der Waals surface area contributed by atoms with Crippen LogP contribution in [0.5, 0.6) is 0 Å². The molecule has 3 atom stereocenters. The monoisotopic (exact) mass is 661 g/mol. The third-order valence-electron chi connectivity index (χ3n) is 8.84. The highest BCUT2D eigenvalue weighted by Gasteiger charge is 2.35. The van der Waals surface area contributed by atoms with E-state index in [4.69, 9.17) is 23.4 Å². The lowest BCUT2D eigenvalue weighted by atomic mass is 10.0. The van der Waals surface area contributed by atoms with Gasteiger partial charge < -0.3 is 33.6 Å². The van der Waals surface area contributed by atoms with Crippen LogP contribution in [0.15, 0.2) is 51.7 Å². The van der Waals surface area contributed by atoms with E-state index < -0.39 is 35.5 Å². The van der Waals surface area contributed by atoms with Crippen LogP contribution in [0, 0.1) is 11.3 Å². The Hall–Kier alpha value is -4.22. The van der Waals surface area contributed by atoms with Gasteiger partial charge in [-0.3, -0.25) is 14.3 Å². The van der Waals surface area contributed by atoms with Crippen molar-refractivity contribution in [2.24, 2.45) is 0 Å². The van der Waals surface area contributed by atoms with Gasteiger partial charge in [0.1, 0.15) is 11.6 Å². The van der Waals surface area contributed by atoms with Crippen molar-refractivity contribution in [2.45, 2.75) is 70.0 Å². The van der Waals surface area contributed by atoms with Crippen molar-refractivity contribution in [3.8, 4) is 17.2 Å². The Morgan fingerprint density at radius 2 is 1.81 bits per heavy atom. The molecule has 0 bridgehead atoms. The number of oxazole rings is 1. The van der Waals surface area contributed by atoms with E-state index >= 15 is 0 Å². The lowest BCUT2D eigenvalue weighted by Crippen LogP contribution is -2.59. The first-order chi connectivity index (χ1) is 23.1. The maximum Gasteiger partial charge on any atom is 0.420 e. The Morgan fingerprint density at radius 3 is 2.52 bits per heavy atom. The highest BCUT2D eigenvalue weighted by Crippen LogP contribution is 2.26. The maximum atomic E-state index is 13.1. The first kappa shape index (κ1) is 33.7. The summed E-state index contributed by atoms with van der Waals surface area (Å²) >= 11 is 0. The summed E-state index contributed by atoms with van der Waals surface area (Å²) in [5.74, 6) is -0.846. The topological polar surface area (TPSA) is 148 Å². The van der Waals surface area contributed by atoms with Gasteiger partial charge in [-0.25, -0.2) is 9.59 Å². The summed E-state index contributed by atoms with van der Waals surface area (Å²) in [6.45, 7) is 10.0. The number of nitrogens with one attached hydrogen (secondary N) is 1. The molecule has 0 saturated carbocycles. The second kappa shape index (κ2) is 14.5. The van der Waals surface area contributed by atoms with Crippen molar-refractivity contribution in [3.05, 3.63) is 58.6 Å². The number of nitrogens with zero attached hydrogens (tertiary/aromatic N) is 4. The molecule has 13 nitrogen and oxygen atoms in total. The van der Waals surface area contributed by atoms with Crippen LogP contribution < -0.4 is 11.1 Å². The Morgan fingerprint density at radius 1 is 1.04 bits per heavy atom. The number of fused-ring (bicyclic) bond motifs is 1. The van der Waals surface area contributed by atoms with Gasteiger partial charge >= 0.3 is 11.8 Å². The molecule has 3 aliphatic rings. The van der Waals surface area contributed by atoms with Crippen molar-refractivity contribution >= 4 is 23.1 Å². The summed E-state index contributed by atoms with van der Waals surface area (Å²) in [6, 6.07) is 15.2. The van der Waals surface area contributed by atoms with Crippen LogP contribution in [0.25, 0.3) is 22.2 Å². The average molecular weight is 662 g/mol. The van der Waals surface area contributed by atoms with E-state index in [0.717, 1.165) is 28.8 Å². The van der Waals surface area contributed by atoms with Gasteiger partial charge in [-0.1, -0.05) is 30.3 Å². The predicted molar refractivity (Wildman–Crippen MR) is 175 cm³/mol. The van der Waals surface area contributed by atoms with E-state index in [1.807, 2.05) is 42.5 Å². The number of hydrogen-bond acceptors (Lipinski definition) is 10. The quantitative estimate of drug-likeness (QED) is 0.382. The molecule has 256 valence electrons. The molecule has 3 aromatic rings. The molecule has 0 aliphatic carbocycles. The smallest absolute Gasteiger partial charge is 0.420 e. The number of ether oxygens (including phenoxy) is 4. The number of rotatable bonds is 8. The van der Waals surface area contributed by atoms with Gasteiger partial charge in [0.15, 0.2) is 11.7 Å². The van der Waals surface area contributed by atoms with E-state index in [2.05, 4.69) is 16.3 Å². The van der Waals surface area contributed by atoms with Crippen LogP contribution in [0.4, 0.5) is 4.79 Å². The van der Waals surface area contributed by atoms with Crippen LogP contribution in [-0.2, 0) is 36.7 Å². The minimum absolute atomic E-state index is 0.0423. The largest absolute Gasteiger partial charge is 0.444 e. The fourth-order valence-corrected chi connectivity index (χ4v) is 6.28. The van der Waals surface area contributed by atoms with Gasteiger partial charge in [-0.05, 0) is 56.0 Å². The number of amides is 2. The molecule has 6 rings (SSSR count). The normalized spacial score (nSPS) is 21.6. The lowest BCUT2D eigenvalue weighted by molar-refractivity contribution is -0.133. The minimum atomic E-state index is -0.908. The molecular weight excluding hydrogens is 618 g/mol. The van der Waals surface area contributed by atoms with Crippen molar-refractivity contribution in [1.29, 1.82) is 5.26 Å². The standard InChI is InChI=1S/C35H43N5O8/c1-35(2,3)48-33(42)38-11-4-13-46-31(19-38)32(41)37-26(17-36)15-23-5-7-24(8-6-23)25-9-10-30-29(16-25)40(34(43)47-30)18-27-20-44-14-12-39(27)28-21-45-22-28/h5-10,16,26-28,31H,4,11-15,18-22H2,1-3H3,(H,37,41)/t26-,27+,31-/m0/s1. The molecule has 3 aliphatic heterocycles. The van der Waals surface area contributed by atoms with Gasteiger partial charge in [-0.2, -0.15) is 5.26 Å². The second-order valence-corrected chi connectivity index (χ2v) is 13.5. The number of aromatic nitrogens is 1. The number of morpholine rings is 1. The van der Waals surface area contributed by atoms with E-state index in [-0.39, 0.29) is 19.0 Å². The van der Waals surface area contributed by atoms with Crippen molar-refractivity contribution in [2.75, 3.05) is 52.7 Å². The van der Waals surface area contributed by atoms with E-state index in [0.29, 0.717) is 64.2 Å². The summed E-state index contributed by atoms with van der Waals surface area (Å²) in [6.07, 6.45) is -0.540. The molecule has 4 heterocycles. The van der Waals surface area contributed by atoms with Crippen molar-refractivity contribution in [3.63, 3.8) is 0 Å². The summed E-state index contributed by atoms with van der Waals surface area (Å²) in [5.41, 5.74) is 3.29. The molecule has 48 heavy (non-hydrogen) atoms. The van der Waals surface area contributed by atoms with Gasteiger partial charge in [0, 0.05) is 32.7 Å². The minimum Gasteiger partial charge on any atom is -0.444 e. The SMILES string of the molecule is CC(C)(C)OC(=O)N1CCCO[C@H](C(=O)N[C@H](C#N)Cc2ccc(-c3ccc4oc(=O)n(C[C@@H]5COCCN5C5COC5)c4c3)cc2)C1. The molecule has 0 spiro atoms. The van der Waals surface area contributed by atoms with Crippen LogP contribution in [-0.4, -0.2) is 109 Å². The lowest BCUT2D eigenvalue weighted by Gasteiger charge is -2.44. The van der Waals surface area contributed by atoms with Crippen LogP contribution in [0.2, 0.25) is 0 Å². The molecular formula is C35H43N5O8. The van der Waals surface area contributed by atoms with Gasteiger partial charge in [0.2, 0.25) is 0 Å². The zero-order valence-corrected chi connectivity index (χ0v) is 27.7. The number of carbonyl (C=O) groups is 2. The molecule has 1 N–H and O–H groups in total.